The zero-order valence-corrected chi connectivity index (χ0v) is 11.6. The summed E-state index contributed by atoms with van der Waals surface area (Å²) in [4.78, 5) is 13.1. The van der Waals surface area contributed by atoms with Crippen LogP contribution in [0.1, 0.15) is 29.6 Å². The molecule has 0 radical (unpaired) electrons. The molecule has 1 unspecified atom stereocenters. The van der Waals surface area contributed by atoms with Gasteiger partial charge in [-0.05, 0) is 44.6 Å². The van der Waals surface area contributed by atoms with Crippen LogP contribution in [0.15, 0.2) is 18.2 Å². The molecule has 1 aliphatic rings. The molecule has 0 amide bonds. The molecule has 1 aromatic carbocycles. The molecule has 1 aromatic rings. The molecule has 1 fully saturated rings. The van der Waals surface area contributed by atoms with Crippen molar-refractivity contribution in [1.29, 1.82) is 0 Å². The average molecular weight is 263 g/mol. The Morgan fingerprint density at radius 2 is 2.21 bits per heavy atom. The SMILES string of the molecule is COc1ccc(C=O)cc1OCC1CCCCN1C. The Labute approximate surface area is 114 Å². The molecule has 0 saturated carbocycles. The molecular formula is C15H21NO3. The van der Waals surface area contributed by atoms with Crippen molar-refractivity contribution >= 4 is 6.29 Å². The number of nitrogens with zero attached hydrogens (tertiary/aromatic N) is 1. The number of hydrogen-bond donors (Lipinski definition) is 0. The molecule has 4 heteroatoms. The lowest BCUT2D eigenvalue weighted by Crippen LogP contribution is -2.40. The molecule has 4 nitrogen and oxygen atoms in total. The van der Waals surface area contributed by atoms with Gasteiger partial charge in [-0.25, -0.2) is 0 Å². The van der Waals surface area contributed by atoms with Gasteiger partial charge in [-0.1, -0.05) is 6.42 Å². The van der Waals surface area contributed by atoms with Gasteiger partial charge in [0.1, 0.15) is 12.9 Å². The first-order chi connectivity index (χ1) is 9.24. The second-order valence-electron chi connectivity index (χ2n) is 4.97. The average Bonchev–Trinajstić information content (AvgIpc) is 2.46. The van der Waals surface area contributed by atoms with Crippen molar-refractivity contribution in [3.63, 3.8) is 0 Å². The molecule has 104 valence electrons. The Balaban J connectivity index is 2.03. The molecule has 1 saturated heterocycles. The van der Waals surface area contributed by atoms with Crippen LogP contribution in [0.4, 0.5) is 0 Å². The fourth-order valence-corrected chi connectivity index (χ4v) is 2.42. The molecule has 0 spiro atoms. The lowest BCUT2D eigenvalue weighted by atomic mass is 10.0. The normalized spacial score (nSPS) is 20.0. The van der Waals surface area contributed by atoms with Crippen molar-refractivity contribution in [1.82, 2.24) is 4.90 Å². The van der Waals surface area contributed by atoms with Gasteiger partial charge in [0.2, 0.25) is 0 Å². The number of methoxy groups -OCH3 is 1. The highest BCUT2D eigenvalue weighted by molar-refractivity contribution is 5.76. The standard InChI is InChI=1S/C15H21NO3/c1-16-8-4-3-5-13(16)11-19-15-9-12(10-17)6-7-14(15)18-2/h6-7,9-10,13H,3-5,8,11H2,1-2H3. The van der Waals surface area contributed by atoms with Gasteiger partial charge in [-0.2, -0.15) is 0 Å². The molecule has 0 bridgehead atoms. The molecule has 2 rings (SSSR count). The highest BCUT2D eigenvalue weighted by Crippen LogP contribution is 2.28. The number of carbonyl (C=O) groups is 1. The van der Waals surface area contributed by atoms with E-state index >= 15 is 0 Å². The number of carbonyl (C=O) groups excluding carboxylic acids is 1. The fraction of sp³-hybridized carbons (Fsp3) is 0.533. The van der Waals surface area contributed by atoms with E-state index in [1.807, 2.05) is 0 Å². The van der Waals surface area contributed by atoms with Gasteiger partial charge < -0.3 is 14.4 Å². The highest BCUT2D eigenvalue weighted by atomic mass is 16.5. The van der Waals surface area contributed by atoms with E-state index in [1.54, 1.807) is 25.3 Å². The molecule has 1 atom stereocenters. The second-order valence-corrected chi connectivity index (χ2v) is 4.97. The number of likely N-dealkylation sites (tertiary alicyclic amines) is 1. The number of rotatable bonds is 5. The van der Waals surface area contributed by atoms with E-state index in [-0.39, 0.29) is 0 Å². The number of benzene rings is 1. The van der Waals surface area contributed by atoms with Crippen molar-refractivity contribution in [2.24, 2.45) is 0 Å². The number of aldehydes is 1. The topological polar surface area (TPSA) is 38.8 Å². The first kappa shape index (κ1) is 13.9. The smallest absolute Gasteiger partial charge is 0.161 e. The predicted molar refractivity (Wildman–Crippen MR) is 74.1 cm³/mol. The van der Waals surface area contributed by atoms with Crippen molar-refractivity contribution in [2.45, 2.75) is 25.3 Å². The number of hydrogen-bond acceptors (Lipinski definition) is 4. The second kappa shape index (κ2) is 6.57. The van der Waals surface area contributed by atoms with E-state index in [0.717, 1.165) is 19.3 Å². The van der Waals surface area contributed by atoms with Crippen molar-refractivity contribution < 1.29 is 14.3 Å². The third-order valence-corrected chi connectivity index (χ3v) is 3.68. The zero-order valence-electron chi connectivity index (χ0n) is 11.6. The van der Waals surface area contributed by atoms with Crippen LogP contribution < -0.4 is 9.47 Å². The van der Waals surface area contributed by atoms with Gasteiger partial charge in [-0.3, -0.25) is 4.79 Å². The van der Waals surface area contributed by atoms with Gasteiger partial charge in [0.25, 0.3) is 0 Å². The van der Waals surface area contributed by atoms with Crippen LogP contribution in [-0.4, -0.2) is 44.5 Å². The number of piperidine rings is 1. The number of ether oxygens (including phenoxy) is 2. The van der Waals surface area contributed by atoms with Gasteiger partial charge >= 0.3 is 0 Å². The van der Waals surface area contributed by atoms with E-state index in [4.69, 9.17) is 9.47 Å². The summed E-state index contributed by atoms with van der Waals surface area (Å²) in [6.45, 7) is 1.76. The van der Waals surface area contributed by atoms with Gasteiger partial charge in [-0.15, -0.1) is 0 Å². The molecule has 19 heavy (non-hydrogen) atoms. The molecule has 0 N–H and O–H groups in total. The van der Waals surface area contributed by atoms with Crippen molar-refractivity contribution in [3.8, 4) is 11.5 Å². The summed E-state index contributed by atoms with van der Waals surface area (Å²) < 4.78 is 11.1. The van der Waals surface area contributed by atoms with E-state index in [2.05, 4.69) is 11.9 Å². The van der Waals surface area contributed by atoms with Gasteiger partial charge in [0.15, 0.2) is 11.5 Å². The molecular weight excluding hydrogens is 242 g/mol. The Morgan fingerprint density at radius 3 is 2.89 bits per heavy atom. The molecule has 0 aromatic heterocycles. The maximum Gasteiger partial charge on any atom is 0.161 e. The largest absolute Gasteiger partial charge is 0.493 e. The third kappa shape index (κ3) is 3.47. The quantitative estimate of drug-likeness (QED) is 0.765. The maximum absolute atomic E-state index is 10.8. The summed E-state index contributed by atoms with van der Waals surface area (Å²) in [6.07, 6.45) is 4.49. The van der Waals surface area contributed by atoms with Crippen LogP contribution in [0.3, 0.4) is 0 Å². The fourth-order valence-electron chi connectivity index (χ4n) is 2.42. The Morgan fingerprint density at radius 1 is 1.37 bits per heavy atom. The van der Waals surface area contributed by atoms with Crippen LogP contribution in [0.5, 0.6) is 11.5 Å². The van der Waals surface area contributed by atoms with Crippen molar-refractivity contribution in [2.75, 3.05) is 27.3 Å². The van der Waals surface area contributed by atoms with Crippen molar-refractivity contribution in [3.05, 3.63) is 23.8 Å². The summed E-state index contributed by atoms with van der Waals surface area (Å²) in [5.74, 6) is 1.31. The summed E-state index contributed by atoms with van der Waals surface area (Å²) in [6, 6.07) is 5.67. The van der Waals surface area contributed by atoms with E-state index < -0.39 is 0 Å². The minimum absolute atomic E-state index is 0.443. The predicted octanol–water partition coefficient (Wildman–Crippen LogP) is 2.37. The van der Waals surface area contributed by atoms with E-state index in [1.165, 1.54) is 12.8 Å². The minimum atomic E-state index is 0.443. The van der Waals surface area contributed by atoms with Gasteiger partial charge in [0.05, 0.1) is 7.11 Å². The Hall–Kier alpha value is -1.55. The van der Waals surface area contributed by atoms with E-state index in [9.17, 15) is 4.79 Å². The van der Waals surface area contributed by atoms with Crippen LogP contribution in [0, 0.1) is 0 Å². The molecule has 1 heterocycles. The van der Waals surface area contributed by atoms with Crippen LogP contribution in [-0.2, 0) is 0 Å². The minimum Gasteiger partial charge on any atom is -0.493 e. The van der Waals surface area contributed by atoms with Gasteiger partial charge in [0, 0.05) is 11.6 Å². The molecule has 1 aliphatic heterocycles. The summed E-state index contributed by atoms with van der Waals surface area (Å²) in [7, 11) is 3.74. The highest BCUT2D eigenvalue weighted by Gasteiger charge is 2.20. The monoisotopic (exact) mass is 263 g/mol. The molecule has 0 aliphatic carbocycles. The first-order valence-corrected chi connectivity index (χ1v) is 6.71. The van der Waals surface area contributed by atoms with Crippen LogP contribution in [0.2, 0.25) is 0 Å². The Kier molecular flexibility index (Phi) is 4.80. The summed E-state index contributed by atoms with van der Waals surface area (Å²) in [5.41, 5.74) is 0.604. The van der Waals surface area contributed by atoms with Crippen LogP contribution in [0.25, 0.3) is 0 Å². The first-order valence-electron chi connectivity index (χ1n) is 6.71. The summed E-state index contributed by atoms with van der Waals surface area (Å²) >= 11 is 0. The number of likely N-dealkylation sites (N-methyl/N-ethyl adjacent to an activating group) is 1. The van der Waals surface area contributed by atoms with E-state index in [0.29, 0.717) is 29.7 Å². The maximum atomic E-state index is 10.8. The zero-order chi connectivity index (χ0) is 13.7. The Bertz CT molecular complexity index is 433. The summed E-state index contributed by atoms with van der Waals surface area (Å²) in [5, 5.41) is 0. The lowest BCUT2D eigenvalue weighted by Gasteiger charge is -2.32. The third-order valence-electron chi connectivity index (χ3n) is 3.68. The van der Waals surface area contributed by atoms with Crippen LogP contribution >= 0.6 is 0 Å². The lowest BCUT2D eigenvalue weighted by molar-refractivity contribution is 0.112.